The molecule has 206 valence electrons. The van der Waals surface area contributed by atoms with E-state index in [9.17, 15) is 14.2 Å². The van der Waals surface area contributed by atoms with Crippen LogP contribution in [-0.4, -0.2) is 52.2 Å². The summed E-state index contributed by atoms with van der Waals surface area (Å²) in [6.45, 7) is 0.152. The summed E-state index contributed by atoms with van der Waals surface area (Å²) < 4.78 is 42.1. The Morgan fingerprint density at radius 2 is 1.79 bits per heavy atom. The van der Waals surface area contributed by atoms with Crippen molar-refractivity contribution in [1.82, 2.24) is 19.5 Å². The molecule has 2 aromatic heterocycles. The monoisotopic (exact) mass is 557 g/mol. The van der Waals surface area contributed by atoms with Gasteiger partial charge in [0.25, 0.3) is 5.56 Å². The van der Waals surface area contributed by atoms with Crippen LogP contribution in [0.5, 0.6) is 11.5 Å². The Morgan fingerprint density at radius 1 is 1.05 bits per heavy atom. The number of nitrogens with zero attached hydrogens (tertiary/aromatic N) is 3. The zero-order valence-electron chi connectivity index (χ0n) is 21.1. The Hall–Kier alpha value is -4.03. The number of hydrogen-bond acceptors (Lipinski definition) is 11. The normalized spacial score (nSPS) is 12.7. The van der Waals surface area contributed by atoms with E-state index in [1.165, 1.54) is 13.4 Å². The molecule has 39 heavy (non-hydrogen) atoms. The van der Waals surface area contributed by atoms with E-state index < -0.39 is 19.1 Å². The van der Waals surface area contributed by atoms with Crippen molar-refractivity contribution in [2.45, 2.75) is 19.6 Å². The molecule has 1 unspecified atom stereocenters. The Morgan fingerprint density at radius 3 is 2.54 bits per heavy atom. The van der Waals surface area contributed by atoms with Crippen molar-refractivity contribution in [3.8, 4) is 11.5 Å². The van der Waals surface area contributed by atoms with Crippen molar-refractivity contribution >= 4 is 30.7 Å². The maximum atomic E-state index is 13.4. The molecule has 4 aromatic rings. The van der Waals surface area contributed by atoms with Gasteiger partial charge in [-0.05, 0) is 29.8 Å². The summed E-state index contributed by atoms with van der Waals surface area (Å²) in [5.74, 6) is 0.375. The van der Waals surface area contributed by atoms with Gasteiger partial charge >= 0.3 is 13.6 Å². The van der Waals surface area contributed by atoms with E-state index in [2.05, 4.69) is 15.0 Å². The molecule has 14 heteroatoms. The number of fused-ring (bicyclic) bond motifs is 1. The second-order valence-corrected chi connectivity index (χ2v) is 10.2. The maximum absolute atomic E-state index is 13.4. The summed E-state index contributed by atoms with van der Waals surface area (Å²) >= 11 is 0. The number of H-pyrrole nitrogens is 1. The first kappa shape index (κ1) is 28.0. The molecule has 2 aromatic carbocycles. The van der Waals surface area contributed by atoms with Crippen LogP contribution in [0.1, 0.15) is 12.0 Å². The molecule has 4 rings (SSSR count). The molecule has 0 saturated heterocycles. The van der Waals surface area contributed by atoms with Gasteiger partial charge in [0, 0.05) is 6.54 Å². The highest BCUT2D eigenvalue weighted by Gasteiger charge is 2.26. The van der Waals surface area contributed by atoms with Gasteiger partial charge in [0.1, 0.15) is 17.8 Å². The predicted molar refractivity (Wildman–Crippen MR) is 141 cm³/mol. The second kappa shape index (κ2) is 13.2. The fourth-order valence-electron chi connectivity index (χ4n) is 3.43. The number of rotatable bonds is 14. The molecule has 2 heterocycles. The Balaban J connectivity index is 1.31. The first-order valence-electron chi connectivity index (χ1n) is 11.9. The Kier molecular flexibility index (Phi) is 9.45. The maximum Gasteiger partial charge on any atom is 0.356 e. The van der Waals surface area contributed by atoms with E-state index in [4.69, 9.17) is 29.0 Å². The van der Waals surface area contributed by atoms with Crippen LogP contribution in [-0.2, 0) is 36.3 Å². The van der Waals surface area contributed by atoms with E-state index >= 15 is 0 Å². The third kappa shape index (κ3) is 7.98. The lowest BCUT2D eigenvalue weighted by Gasteiger charge is -2.19. The molecule has 0 bridgehead atoms. The molecule has 0 aliphatic carbocycles. The fourth-order valence-corrected chi connectivity index (χ4v) is 4.72. The molecule has 0 radical (unpaired) electrons. The van der Waals surface area contributed by atoms with Crippen LogP contribution in [0.4, 0.5) is 5.95 Å². The van der Waals surface area contributed by atoms with Crippen LogP contribution < -0.4 is 20.8 Å². The quantitative estimate of drug-likeness (QED) is 0.101. The van der Waals surface area contributed by atoms with Crippen LogP contribution in [0.15, 0.2) is 65.7 Å². The van der Waals surface area contributed by atoms with Crippen molar-refractivity contribution in [2.24, 2.45) is 0 Å². The van der Waals surface area contributed by atoms with Crippen molar-refractivity contribution in [3.63, 3.8) is 0 Å². The zero-order valence-corrected chi connectivity index (χ0v) is 22.0. The number of anilines is 1. The predicted octanol–water partition coefficient (Wildman–Crippen LogP) is 3.11. The number of aromatic nitrogens is 4. The number of aromatic amines is 1. The van der Waals surface area contributed by atoms with Gasteiger partial charge in [-0.15, -0.1) is 0 Å². The summed E-state index contributed by atoms with van der Waals surface area (Å²) in [4.78, 5) is 34.7. The SMILES string of the molecule is COc1ccc(OC(=O)CCOP(=O)(COCCn2cnc3c(=O)[nH]c(N)nc32)OCc2ccccc2)cc1. The third-order valence-electron chi connectivity index (χ3n) is 5.38. The van der Waals surface area contributed by atoms with Gasteiger partial charge in [-0.3, -0.25) is 19.1 Å². The number of ether oxygens (including phenoxy) is 3. The summed E-state index contributed by atoms with van der Waals surface area (Å²) in [7, 11) is -2.23. The van der Waals surface area contributed by atoms with E-state index in [1.54, 1.807) is 28.8 Å². The van der Waals surface area contributed by atoms with Gasteiger partial charge in [-0.25, -0.2) is 4.98 Å². The van der Waals surface area contributed by atoms with Crippen LogP contribution in [0.2, 0.25) is 0 Å². The van der Waals surface area contributed by atoms with Gasteiger partial charge in [0.2, 0.25) is 5.95 Å². The van der Waals surface area contributed by atoms with E-state index in [-0.39, 0.29) is 50.6 Å². The number of hydrogen-bond donors (Lipinski definition) is 2. The fraction of sp³-hybridized carbons (Fsp3) is 0.280. The average Bonchev–Trinajstić information content (AvgIpc) is 3.34. The molecule has 0 aliphatic heterocycles. The highest BCUT2D eigenvalue weighted by atomic mass is 31.2. The molecular formula is C25H28N5O8P. The summed E-state index contributed by atoms with van der Waals surface area (Å²) in [5.41, 5.74) is 6.41. The van der Waals surface area contributed by atoms with Crippen molar-refractivity contribution in [1.29, 1.82) is 0 Å². The van der Waals surface area contributed by atoms with Crippen LogP contribution in [0.3, 0.4) is 0 Å². The number of imidazole rings is 1. The van der Waals surface area contributed by atoms with Crippen LogP contribution in [0, 0.1) is 0 Å². The Bertz CT molecular complexity index is 1490. The van der Waals surface area contributed by atoms with E-state index in [0.717, 1.165) is 5.56 Å². The van der Waals surface area contributed by atoms with Gasteiger partial charge in [0.05, 0.1) is 39.7 Å². The lowest BCUT2D eigenvalue weighted by atomic mass is 10.2. The van der Waals surface area contributed by atoms with Crippen LogP contribution in [0.25, 0.3) is 11.2 Å². The van der Waals surface area contributed by atoms with Gasteiger partial charge in [-0.2, -0.15) is 4.98 Å². The number of nitrogens with two attached hydrogens (primary N) is 1. The second-order valence-electron chi connectivity index (χ2n) is 8.20. The third-order valence-corrected chi connectivity index (χ3v) is 6.97. The lowest BCUT2D eigenvalue weighted by Crippen LogP contribution is -2.14. The molecule has 0 spiro atoms. The average molecular weight is 558 g/mol. The number of nitrogen functional groups attached to an aromatic ring is 1. The van der Waals surface area contributed by atoms with E-state index in [1.807, 2.05) is 30.3 Å². The van der Waals surface area contributed by atoms with Crippen molar-refractivity contribution in [3.05, 3.63) is 76.8 Å². The molecular weight excluding hydrogens is 529 g/mol. The highest BCUT2D eigenvalue weighted by Crippen LogP contribution is 2.49. The smallest absolute Gasteiger partial charge is 0.356 e. The van der Waals surface area contributed by atoms with E-state index in [0.29, 0.717) is 17.1 Å². The summed E-state index contributed by atoms with van der Waals surface area (Å²) in [6.07, 6.45) is 0.912. The van der Waals surface area contributed by atoms with Gasteiger partial charge in [-0.1, -0.05) is 30.3 Å². The minimum atomic E-state index is -3.77. The summed E-state index contributed by atoms with van der Waals surface area (Å²) in [5, 5.41) is 0. The lowest BCUT2D eigenvalue weighted by molar-refractivity contribution is -0.134. The largest absolute Gasteiger partial charge is 0.497 e. The first-order chi connectivity index (χ1) is 18.8. The van der Waals surface area contributed by atoms with Gasteiger partial charge in [0.15, 0.2) is 11.2 Å². The number of carbonyl (C=O) groups is 1. The molecule has 3 N–H and O–H groups in total. The molecule has 1 atom stereocenters. The number of esters is 1. The minimum absolute atomic E-state index is 0.0237. The molecule has 0 fully saturated rings. The van der Waals surface area contributed by atoms with Crippen LogP contribution >= 0.6 is 7.60 Å². The molecule has 0 amide bonds. The van der Waals surface area contributed by atoms with Gasteiger partial charge < -0.3 is 33.6 Å². The molecule has 13 nitrogen and oxygen atoms in total. The number of methoxy groups -OCH3 is 1. The minimum Gasteiger partial charge on any atom is -0.497 e. The number of benzene rings is 2. The highest BCUT2D eigenvalue weighted by molar-refractivity contribution is 7.53. The Labute approximate surface area is 223 Å². The molecule has 0 saturated carbocycles. The zero-order chi connectivity index (χ0) is 27.7. The first-order valence-corrected chi connectivity index (χ1v) is 13.6. The van der Waals surface area contributed by atoms with Crippen molar-refractivity contribution < 1.29 is 32.6 Å². The topological polar surface area (TPSA) is 170 Å². The number of nitrogens with one attached hydrogen (secondary N) is 1. The van der Waals surface area contributed by atoms with Crippen molar-refractivity contribution in [2.75, 3.05) is 32.4 Å². The number of carbonyl (C=O) groups excluding carboxylic acids is 1. The standard InChI is InChI=1S/C25H28N5O8P/c1-34-19-7-9-20(10-8-19)38-21(31)11-13-36-39(33,37-15-18-5-3-2-4-6-18)17-35-14-12-30-16-27-22-23(30)28-25(26)29-24(22)32/h2-10,16H,11-15,17H2,1H3,(H3,26,28,29,32). The molecule has 0 aliphatic rings. The summed E-state index contributed by atoms with van der Waals surface area (Å²) in [6, 6.07) is 15.7.